The van der Waals surface area contributed by atoms with Gasteiger partial charge in [0, 0.05) is 5.54 Å². The molecular weight excluding hydrogens is 198 g/mol. The SMILES string of the molecule is CCC(C)(N)COCc1cc(C)ccc1C. The molecule has 0 saturated heterocycles. The Hall–Kier alpha value is -0.860. The van der Waals surface area contributed by atoms with Crippen LogP contribution in [-0.4, -0.2) is 12.1 Å². The fourth-order valence-corrected chi connectivity index (χ4v) is 1.45. The number of aryl methyl sites for hydroxylation is 2. The highest BCUT2D eigenvalue weighted by Crippen LogP contribution is 2.13. The summed E-state index contributed by atoms with van der Waals surface area (Å²) >= 11 is 0. The fourth-order valence-electron chi connectivity index (χ4n) is 1.45. The second kappa shape index (κ2) is 5.46. The molecule has 2 nitrogen and oxygen atoms in total. The third-order valence-corrected chi connectivity index (χ3v) is 3.00. The largest absolute Gasteiger partial charge is 0.375 e. The van der Waals surface area contributed by atoms with Crippen LogP contribution < -0.4 is 5.73 Å². The van der Waals surface area contributed by atoms with Gasteiger partial charge in [0.05, 0.1) is 13.2 Å². The highest BCUT2D eigenvalue weighted by molar-refractivity contribution is 5.29. The second-order valence-corrected chi connectivity index (χ2v) is 4.93. The normalized spacial score (nSPS) is 14.8. The van der Waals surface area contributed by atoms with Crippen LogP contribution >= 0.6 is 0 Å². The molecule has 0 radical (unpaired) electrons. The van der Waals surface area contributed by atoms with E-state index in [2.05, 4.69) is 39.0 Å². The zero-order chi connectivity index (χ0) is 12.2. The molecule has 1 rings (SSSR count). The van der Waals surface area contributed by atoms with Crippen molar-refractivity contribution in [2.24, 2.45) is 5.73 Å². The van der Waals surface area contributed by atoms with Gasteiger partial charge < -0.3 is 10.5 Å². The molecule has 1 aromatic rings. The third-order valence-electron chi connectivity index (χ3n) is 3.00. The van der Waals surface area contributed by atoms with Gasteiger partial charge in [-0.3, -0.25) is 0 Å². The molecule has 90 valence electrons. The summed E-state index contributed by atoms with van der Waals surface area (Å²) in [7, 11) is 0. The minimum atomic E-state index is -0.211. The maximum Gasteiger partial charge on any atom is 0.0720 e. The lowest BCUT2D eigenvalue weighted by Gasteiger charge is -2.22. The van der Waals surface area contributed by atoms with Crippen LogP contribution in [0.25, 0.3) is 0 Å². The maximum atomic E-state index is 6.02. The molecule has 0 aromatic heterocycles. The molecule has 1 aromatic carbocycles. The summed E-state index contributed by atoms with van der Waals surface area (Å²) in [6.45, 7) is 9.58. The highest BCUT2D eigenvalue weighted by Gasteiger charge is 2.15. The minimum Gasteiger partial charge on any atom is -0.375 e. The first-order valence-corrected chi connectivity index (χ1v) is 5.87. The molecule has 1 atom stereocenters. The van der Waals surface area contributed by atoms with Gasteiger partial charge in [0.1, 0.15) is 0 Å². The van der Waals surface area contributed by atoms with E-state index in [1.54, 1.807) is 0 Å². The van der Waals surface area contributed by atoms with Crippen molar-refractivity contribution in [3.8, 4) is 0 Å². The monoisotopic (exact) mass is 221 g/mol. The highest BCUT2D eigenvalue weighted by atomic mass is 16.5. The average Bonchev–Trinajstić information content (AvgIpc) is 2.23. The Labute approximate surface area is 98.8 Å². The Balaban J connectivity index is 2.52. The number of ether oxygens (including phenoxy) is 1. The van der Waals surface area contributed by atoms with E-state index in [1.807, 2.05) is 6.92 Å². The summed E-state index contributed by atoms with van der Waals surface area (Å²) in [5, 5.41) is 0. The molecule has 0 aliphatic rings. The van der Waals surface area contributed by atoms with Gasteiger partial charge in [-0.1, -0.05) is 30.7 Å². The zero-order valence-corrected chi connectivity index (χ0v) is 10.8. The molecule has 0 fully saturated rings. The van der Waals surface area contributed by atoms with Crippen LogP contribution in [0.5, 0.6) is 0 Å². The maximum absolute atomic E-state index is 6.02. The molecule has 0 aliphatic carbocycles. The summed E-state index contributed by atoms with van der Waals surface area (Å²) in [4.78, 5) is 0. The lowest BCUT2D eigenvalue weighted by molar-refractivity contribution is 0.0774. The molecule has 0 aliphatic heterocycles. The first-order valence-electron chi connectivity index (χ1n) is 5.87. The van der Waals surface area contributed by atoms with E-state index in [0.29, 0.717) is 13.2 Å². The lowest BCUT2D eigenvalue weighted by Crippen LogP contribution is -2.40. The molecule has 0 heterocycles. The van der Waals surface area contributed by atoms with Crippen molar-refractivity contribution in [1.29, 1.82) is 0 Å². The molecule has 2 heteroatoms. The molecule has 2 N–H and O–H groups in total. The van der Waals surface area contributed by atoms with Gasteiger partial charge in [-0.15, -0.1) is 0 Å². The van der Waals surface area contributed by atoms with E-state index >= 15 is 0 Å². The predicted octanol–water partition coefficient (Wildman–Crippen LogP) is 2.95. The van der Waals surface area contributed by atoms with E-state index in [-0.39, 0.29) is 5.54 Å². The summed E-state index contributed by atoms with van der Waals surface area (Å²) in [5.74, 6) is 0. The summed E-state index contributed by atoms with van der Waals surface area (Å²) in [6, 6.07) is 6.43. The molecule has 0 bridgehead atoms. The van der Waals surface area contributed by atoms with Crippen molar-refractivity contribution >= 4 is 0 Å². The summed E-state index contributed by atoms with van der Waals surface area (Å²) in [6.07, 6.45) is 0.930. The number of rotatable bonds is 5. The zero-order valence-electron chi connectivity index (χ0n) is 10.8. The third kappa shape index (κ3) is 3.95. The van der Waals surface area contributed by atoms with Gasteiger partial charge >= 0.3 is 0 Å². The second-order valence-electron chi connectivity index (χ2n) is 4.93. The van der Waals surface area contributed by atoms with Crippen LogP contribution in [0.2, 0.25) is 0 Å². The van der Waals surface area contributed by atoms with Gasteiger partial charge in [0.2, 0.25) is 0 Å². The summed E-state index contributed by atoms with van der Waals surface area (Å²) < 4.78 is 5.69. The Morgan fingerprint density at radius 1 is 1.31 bits per heavy atom. The van der Waals surface area contributed by atoms with Crippen molar-refractivity contribution in [2.45, 2.75) is 46.3 Å². The van der Waals surface area contributed by atoms with Crippen molar-refractivity contribution in [1.82, 2.24) is 0 Å². The van der Waals surface area contributed by atoms with Gasteiger partial charge in [0.25, 0.3) is 0 Å². The Morgan fingerprint density at radius 2 is 2.00 bits per heavy atom. The predicted molar refractivity (Wildman–Crippen MR) is 68.5 cm³/mol. The number of benzene rings is 1. The summed E-state index contributed by atoms with van der Waals surface area (Å²) in [5.41, 5.74) is 9.62. The van der Waals surface area contributed by atoms with Gasteiger partial charge in [-0.25, -0.2) is 0 Å². The first kappa shape index (κ1) is 13.2. The van der Waals surface area contributed by atoms with E-state index in [1.165, 1.54) is 16.7 Å². The van der Waals surface area contributed by atoms with Crippen LogP contribution in [0.3, 0.4) is 0 Å². The number of nitrogens with two attached hydrogens (primary N) is 1. The molecule has 1 unspecified atom stereocenters. The molecule has 0 amide bonds. The molecule has 0 saturated carbocycles. The van der Waals surface area contributed by atoms with Crippen LogP contribution in [0.1, 0.15) is 37.0 Å². The first-order chi connectivity index (χ1) is 7.44. The van der Waals surface area contributed by atoms with Gasteiger partial charge in [-0.05, 0) is 38.3 Å². The van der Waals surface area contributed by atoms with Crippen LogP contribution in [0.4, 0.5) is 0 Å². The van der Waals surface area contributed by atoms with E-state index in [0.717, 1.165) is 6.42 Å². The Bertz CT molecular complexity index is 345. The van der Waals surface area contributed by atoms with E-state index < -0.39 is 0 Å². The molecular formula is C14H23NO. The Kier molecular flexibility index (Phi) is 4.51. The van der Waals surface area contributed by atoms with E-state index in [9.17, 15) is 0 Å². The quantitative estimate of drug-likeness (QED) is 0.829. The van der Waals surface area contributed by atoms with Crippen molar-refractivity contribution in [3.63, 3.8) is 0 Å². The minimum absolute atomic E-state index is 0.211. The van der Waals surface area contributed by atoms with Crippen molar-refractivity contribution in [2.75, 3.05) is 6.61 Å². The molecule has 16 heavy (non-hydrogen) atoms. The van der Waals surface area contributed by atoms with Crippen molar-refractivity contribution in [3.05, 3.63) is 34.9 Å². The number of hydrogen-bond donors (Lipinski definition) is 1. The van der Waals surface area contributed by atoms with Gasteiger partial charge in [-0.2, -0.15) is 0 Å². The molecule has 0 spiro atoms. The van der Waals surface area contributed by atoms with Gasteiger partial charge in [0.15, 0.2) is 0 Å². The average molecular weight is 221 g/mol. The van der Waals surface area contributed by atoms with Crippen LogP contribution in [0.15, 0.2) is 18.2 Å². The van der Waals surface area contributed by atoms with Crippen molar-refractivity contribution < 1.29 is 4.74 Å². The number of hydrogen-bond acceptors (Lipinski definition) is 2. The smallest absolute Gasteiger partial charge is 0.0720 e. The lowest BCUT2D eigenvalue weighted by atomic mass is 10.0. The van der Waals surface area contributed by atoms with Crippen LogP contribution in [0, 0.1) is 13.8 Å². The Morgan fingerprint density at radius 3 is 2.62 bits per heavy atom. The van der Waals surface area contributed by atoms with Crippen LogP contribution in [-0.2, 0) is 11.3 Å². The van der Waals surface area contributed by atoms with E-state index in [4.69, 9.17) is 10.5 Å². The standard InChI is InChI=1S/C14H23NO/c1-5-14(4,15)10-16-9-13-8-11(2)6-7-12(13)3/h6-8H,5,9-10,15H2,1-4H3. The topological polar surface area (TPSA) is 35.2 Å². The fraction of sp³-hybridized carbons (Fsp3) is 0.571.